The van der Waals surface area contributed by atoms with E-state index >= 15 is 0 Å². The molecule has 0 radical (unpaired) electrons. The summed E-state index contributed by atoms with van der Waals surface area (Å²) in [6.07, 6.45) is 0. The van der Waals surface area contributed by atoms with Crippen LogP contribution in [0.2, 0.25) is 6.55 Å². The molecule has 1 unspecified atom stereocenters. The Kier molecular flexibility index (Phi) is 6.72. The fraction of sp³-hybridized carbons (Fsp3) is 0.0400. The Balaban J connectivity index is 1.89. The first kappa shape index (κ1) is 22.1. The van der Waals surface area contributed by atoms with Gasteiger partial charge in [-0.2, -0.15) is 0 Å². The normalized spacial score (nSPS) is 19.8. The fourth-order valence-corrected chi connectivity index (χ4v) is 23.6. The minimum absolute atomic E-state index is 0.515. The van der Waals surface area contributed by atoms with Crippen LogP contribution in [-0.2, 0) is 0 Å². The molecular formula is C25H30N4Si4. The molecule has 8 heteroatoms. The lowest BCUT2D eigenvalue weighted by atomic mass is 10.3. The Hall–Kier alpha value is -2.73. The van der Waals surface area contributed by atoms with Crippen LogP contribution in [-0.4, -0.2) is 37.2 Å². The number of hydrogen-bond donors (Lipinski definition) is 2. The van der Waals surface area contributed by atoms with Gasteiger partial charge in [-0.25, -0.2) is 0 Å². The smallest absolute Gasteiger partial charge is 0.316 e. The van der Waals surface area contributed by atoms with Gasteiger partial charge in [-0.15, -0.1) is 0 Å². The van der Waals surface area contributed by atoms with Gasteiger partial charge in [0.15, 0.2) is 28.8 Å². The monoisotopic (exact) mass is 498 g/mol. The lowest BCUT2D eigenvalue weighted by Gasteiger charge is -2.55. The summed E-state index contributed by atoms with van der Waals surface area (Å²) in [6.45, 7) is 2.46. The molecule has 4 nitrogen and oxygen atoms in total. The zero-order chi connectivity index (χ0) is 22.5. The summed E-state index contributed by atoms with van der Waals surface area (Å²) in [5.41, 5.74) is 2.66. The summed E-state index contributed by atoms with van der Waals surface area (Å²) in [5.74, 6) is 0. The summed E-state index contributed by atoms with van der Waals surface area (Å²) in [5, 5.41) is 2.87. The van der Waals surface area contributed by atoms with Crippen LogP contribution in [0.3, 0.4) is 0 Å². The van der Waals surface area contributed by atoms with Gasteiger partial charge in [0.2, 0.25) is 0 Å². The molecule has 1 fully saturated rings. The van der Waals surface area contributed by atoms with Crippen LogP contribution in [0.4, 0.5) is 11.4 Å². The maximum atomic E-state index is 4.03. The van der Waals surface area contributed by atoms with Gasteiger partial charge >= 0.3 is 8.40 Å². The SMILES string of the molecule is C[SiH]1N[SiH2]N[SiH2]N(c2ccccc2)[Si](c2ccccc2)(c2ccccc2)N1c1ccccc1. The average Bonchev–Trinajstić information content (AvgIpc) is 2.88. The second-order valence-electron chi connectivity index (χ2n) is 8.34. The predicted molar refractivity (Wildman–Crippen MR) is 152 cm³/mol. The van der Waals surface area contributed by atoms with Gasteiger partial charge in [0.1, 0.15) is 0 Å². The Morgan fingerprint density at radius 1 is 0.636 bits per heavy atom. The van der Waals surface area contributed by atoms with Crippen molar-refractivity contribution < 1.29 is 0 Å². The first-order valence-corrected chi connectivity index (χ1v) is 18.4. The Morgan fingerprint density at radius 2 is 1.09 bits per heavy atom. The molecule has 0 amide bonds. The zero-order valence-corrected chi connectivity index (χ0v) is 23.9. The van der Waals surface area contributed by atoms with Crippen LogP contribution < -0.4 is 28.1 Å². The topological polar surface area (TPSA) is 30.5 Å². The van der Waals surface area contributed by atoms with E-state index in [1.165, 1.54) is 21.7 Å². The Bertz CT molecular complexity index is 1110. The van der Waals surface area contributed by atoms with Gasteiger partial charge in [0.05, 0.1) is 0 Å². The maximum absolute atomic E-state index is 4.03. The number of rotatable bonds is 4. The van der Waals surface area contributed by atoms with Crippen LogP contribution in [0.25, 0.3) is 0 Å². The average molecular weight is 499 g/mol. The molecule has 1 aliphatic rings. The summed E-state index contributed by atoms with van der Waals surface area (Å²) < 4.78 is 13.7. The molecule has 166 valence electrons. The Labute approximate surface area is 204 Å². The maximum Gasteiger partial charge on any atom is 0.316 e. The van der Waals surface area contributed by atoms with E-state index in [9.17, 15) is 0 Å². The van der Waals surface area contributed by atoms with E-state index < -0.39 is 37.2 Å². The van der Waals surface area contributed by atoms with Crippen LogP contribution >= 0.6 is 0 Å². The highest BCUT2D eigenvalue weighted by atomic mass is 28.4. The number of nitrogens with one attached hydrogen (secondary N) is 2. The molecule has 1 aliphatic heterocycles. The predicted octanol–water partition coefficient (Wildman–Crippen LogP) is 1.30. The largest absolute Gasteiger partial charge is 0.395 e. The Morgan fingerprint density at radius 3 is 1.61 bits per heavy atom. The van der Waals surface area contributed by atoms with Crippen molar-refractivity contribution in [1.29, 1.82) is 0 Å². The molecule has 1 saturated heterocycles. The highest BCUT2D eigenvalue weighted by Gasteiger charge is 2.52. The van der Waals surface area contributed by atoms with Crippen LogP contribution in [0, 0.1) is 0 Å². The fourth-order valence-electron chi connectivity index (χ4n) is 4.99. The standard InChI is InChI=1S/C25H30N4Si4/c1-32-27-30-26-31-28(22-14-6-2-7-15-22)33(24-18-10-4-11-19-24,25-20-12-5-13-21-25)29(32)23-16-8-3-9-17-23/h2-21,26-27,32H,30-31H2,1H3. The molecule has 33 heavy (non-hydrogen) atoms. The van der Waals surface area contributed by atoms with Crippen LogP contribution in [0.5, 0.6) is 0 Å². The lowest BCUT2D eigenvalue weighted by Crippen LogP contribution is -2.86. The summed E-state index contributed by atoms with van der Waals surface area (Å²) in [4.78, 5) is 0. The van der Waals surface area contributed by atoms with Gasteiger partial charge in [0.25, 0.3) is 0 Å². The van der Waals surface area contributed by atoms with Gasteiger partial charge in [0, 0.05) is 11.4 Å². The van der Waals surface area contributed by atoms with Crippen molar-refractivity contribution in [2.75, 3.05) is 8.46 Å². The molecule has 1 atom stereocenters. The van der Waals surface area contributed by atoms with Crippen molar-refractivity contribution in [3.05, 3.63) is 121 Å². The zero-order valence-electron chi connectivity index (χ0n) is 18.9. The molecule has 0 aliphatic carbocycles. The molecule has 1 heterocycles. The molecule has 4 aromatic rings. The van der Waals surface area contributed by atoms with Crippen molar-refractivity contribution in [1.82, 2.24) is 9.30 Å². The van der Waals surface area contributed by atoms with Crippen LogP contribution in [0.1, 0.15) is 0 Å². The second kappa shape index (κ2) is 10.0. The van der Waals surface area contributed by atoms with Crippen molar-refractivity contribution >= 4 is 59.0 Å². The third-order valence-electron chi connectivity index (χ3n) is 6.37. The van der Waals surface area contributed by atoms with Gasteiger partial charge < -0.3 is 17.8 Å². The first-order valence-electron chi connectivity index (χ1n) is 11.5. The minimum atomic E-state index is -2.63. The molecular weight excluding hydrogens is 469 g/mol. The van der Waals surface area contributed by atoms with Gasteiger partial charge in [-0.05, 0) is 41.2 Å². The first-order chi connectivity index (χ1) is 16.3. The van der Waals surface area contributed by atoms with E-state index in [-0.39, 0.29) is 0 Å². The molecule has 0 spiro atoms. The molecule has 0 bridgehead atoms. The number of anilines is 2. The molecule has 0 aromatic heterocycles. The minimum Gasteiger partial charge on any atom is -0.395 e. The number of benzene rings is 4. The number of hydrogen-bond acceptors (Lipinski definition) is 4. The summed E-state index contributed by atoms with van der Waals surface area (Å²) in [6, 6.07) is 44.8. The van der Waals surface area contributed by atoms with Crippen molar-refractivity contribution in [3.8, 4) is 0 Å². The molecule has 5 rings (SSSR count). The van der Waals surface area contributed by atoms with E-state index in [0.29, 0.717) is 0 Å². The van der Waals surface area contributed by atoms with Crippen LogP contribution in [0.15, 0.2) is 121 Å². The molecule has 0 saturated carbocycles. The highest BCUT2D eigenvalue weighted by molar-refractivity contribution is 7.16. The van der Waals surface area contributed by atoms with Crippen molar-refractivity contribution in [3.63, 3.8) is 0 Å². The molecule has 2 N–H and O–H groups in total. The highest BCUT2D eigenvalue weighted by Crippen LogP contribution is 2.29. The summed E-state index contributed by atoms with van der Waals surface area (Å²) >= 11 is 0. The van der Waals surface area contributed by atoms with Gasteiger partial charge in [-0.3, -0.25) is 0 Å². The number of para-hydroxylation sites is 2. The quantitative estimate of drug-likeness (QED) is 0.415. The molecule has 4 aromatic carbocycles. The van der Waals surface area contributed by atoms with E-state index in [0.717, 1.165) is 0 Å². The third-order valence-corrected chi connectivity index (χ3v) is 21.6. The van der Waals surface area contributed by atoms with Crippen molar-refractivity contribution in [2.24, 2.45) is 0 Å². The third kappa shape index (κ3) is 4.17. The number of nitrogens with zero attached hydrogens (tertiary/aromatic N) is 2. The van der Waals surface area contributed by atoms with Gasteiger partial charge in [-0.1, -0.05) is 97.1 Å². The van der Waals surface area contributed by atoms with E-state index in [2.05, 4.69) is 146 Å². The summed E-state index contributed by atoms with van der Waals surface area (Å²) in [7, 11) is -5.42. The van der Waals surface area contributed by atoms with E-state index in [1.807, 2.05) is 0 Å². The lowest BCUT2D eigenvalue weighted by molar-refractivity contribution is 1.25. The van der Waals surface area contributed by atoms with Crippen molar-refractivity contribution in [2.45, 2.75) is 6.55 Å². The van der Waals surface area contributed by atoms with E-state index in [4.69, 9.17) is 0 Å². The van der Waals surface area contributed by atoms with E-state index in [1.54, 1.807) is 0 Å². The second-order valence-corrected chi connectivity index (χ2v) is 19.8.